The molecule has 15 heavy (non-hydrogen) atoms. The topological polar surface area (TPSA) is 55.8 Å². The predicted molar refractivity (Wildman–Crippen MR) is 64.8 cm³/mol. The van der Waals surface area contributed by atoms with Gasteiger partial charge in [0.15, 0.2) is 0 Å². The van der Waals surface area contributed by atoms with E-state index >= 15 is 0 Å². The van der Waals surface area contributed by atoms with E-state index in [2.05, 4.69) is 0 Å². The summed E-state index contributed by atoms with van der Waals surface area (Å²) >= 11 is 0. The summed E-state index contributed by atoms with van der Waals surface area (Å²) in [5, 5.41) is 8.56. The summed E-state index contributed by atoms with van der Waals surface area (Å²) in [7, 11) is -2.26. The van der Waals surface area contributed by atoms with Crippen LogP contribution in [0.5, 0.6) is 0 Å². The zero-order valence-electron chi connectivity index (χ0n) is 9.87. The van der Waals surface area contributed by atoms with E-state index in [1.54, 1.807) is 6.92 Å². The third-order valence-electron chi connectivity index (χ3n) is 1.45. The smallest absolute Gasteiger partial charge is 0.336 e. The Kier molecular flexibility index (Phi) is 6.54. The number of rotatable bonds is 6. The molecule has 0 aliphatic rings. The molecule has 0 aliphatic heterocycles. The molecule has 0 bridgehead atoms. The van der Waals surface area contributed by atoms with Gasteiger partial charge in [-0.1, -0.05) is 0 Å². The van der Waals surface area contributed by atoms with Gasteiger partial charge in [-0.2, -0.15) is 0 Å². The molecule has 0 atom stereocenters. The number of hydrogen-bond acceptors (Lipinski definition) is 4. The molecule has 0 amide bonds. The van der Waals surface area contributed by atoms with Gasteiger partial charge in [0.2, 0.25) is 8.32 Å². The Morgan fingerprint density at radius 2 is 2.07 bits per heavy atom. The lowest BCUT2D eigenvalue weighted by molar-refractivity contribution is -0.137. The van der Waals surface area contributed by atoms with E-state index in [0.717, 1.165) is 0 Å². The van der Waals surface area contributed by atoms with Crippen LogP contribution in [0.3, 0.4) is 0 Å². The molecule has 0 unspecified atom stereocenters. The minimum absolute atomic E-state index is 0.168. The van der Waals surface area contributed by atoms with Crippen molar-refractivity contribution in [2.45, 2.75) is 26.6 Å². The first kappa shape index (κ1) is 14.4. The molecule has 1 N–H and O–H groups in total. The third kappa shape index (κ3) is 8.40. The fourth-order valence-electron chi connectivity index (χ4n) is 0.657. The Morgan fingerprint density at radius 3 is 2.53 bits per heavy atom. The zero-order chi connectivity index (χ0) is 11.9. The van der Waals surface area contributed by atoms with Gasteiger partial charge in [-0.25, -0.2) is 4.79 Å². The van der Waals surface area contributed by atoms with E-state index in [1.165, 1.54) is 6.26 Å². The van der Waals surface area contributed by atoms with Crippen molar-refractivity contribution in [1.29, 1.82) is 0 Å². The Hall–Kier alpha value is -0.596. The van der Waals surface area contributed by atoms with Crippen LogP contribution in [0.15, 0.2) is 11.8 Å². The quantitative estimate of drug-likeness (QED) is 0.242. The minimum Gasteiger partial charge on any atom is -0.549 e. The van der Waals surface area contributed by atoms with Crippen LogP contribution in [0, 0.1) is 0 Å². The maximum atomic E-state index is 11.3. The number of aliphatic hydroxyl groups is 1. The molecule has 0 saturated heterocycles. The SMILES string of the molecule is CC(=CO[Si](C)(C)C)C(=O)OC[SiH2]CO. The van der Waals surface area contributed by atoms with E-state index in [-0.39, 0.29) is 12.2 Å². The molecule has 0 aromatic rings. The second-order valence-electron chi connectivity index (χ2n) is 4.24. The number of carbonyl (C=O) groups excluding carboxylic acids is 1. The van der Waals surface area contributed by atoms with Gasteiger partial charge in [0, 0.05) is 6.23 Å². The monoisotopic (exact) mass is 248 g/mol. The highest BCUT2D eigenvalue weighted by Crippen LogP contribution is 2.06. The number of aliphatic hydroxyl groups excluding tert-OH is 1. The van der Waals surface area contributed by atoms with Gasteiger partial charge in [-0.05, 0) is 26.6 Å². The fraction of sp³-hybridized carbons (Fsp3) is 0.667. The van der Waals surface area contributed by atoms with Crippen LogP contribution in [-0.4, -0.2) is 41.4 Å². The average Bonchev–Trinajstić information content (AvgIpc) is 2.13. The number of carbonyl (C=O) groups is 1. The molecule has 0 aromatic heterocycles. The van der Waals surface area contributed by atoms with Gasteiger partial charge < -0.3 is 14.3 Å². The van der Waals surface area contributed by atoms with Crippen molar-refractivity contribution < 1.29 is 19.1 Å². The summed E-state index contributed by atoms with van der Waals surface area (Å²) in [6.45, 7) is 7.80. The molecule has 0 saturated carbocycles. The Bertz CT molecular complexity index is 233. The summed E-state index contributed by atoms with van der Waals surface area (Å²) in [6, 6.07) is 0. The van der Waals surface area contributed by atoms with Crippen molar-refractivity contribution in [2.24, 2.45) is 0 Å². The summed E-state index contributed by atoms with van der Waals surface area (Å²) < 4.78 is 10.4. The van der Waals surface area contributed by atoms with Gasteiger partial charge in [0.1, 0.15) is 0 Å². The van der Waals surface area contributed by atoms with Gasteiger partial charge in [-0.3, -0.25) is 0 Å². The first-order chi connectivity index (χ1) is 6.87. The van der Waals surface area contributed by atoms with Crippen molar-refractivity contribution in [1.82, 2.24) is 0 Å². The zero-order valence-corrected chi connectivity index (χ0v) is 12.3. The van der Waals surface area contributed by atoms with Gasteiger partial charge in [-0.15, -0.1) is 0 Å². The van der Waals surface area contributed by atoms with Crippen molar-refractivity contribution >= 4 is 23.8 Å². The molecule has 0 aromatic carbocycles. The normalized spacial score (nSPS) is 13.3. The maximum Gasteiger partial charge on any atom is 0.336 e. The van der Waals surface area contributed by atoms with E-state index in [9.17, 15) is 4.79 Å². The second kappa shape index (κ2) is 6.81. The first-order valence-electron chi connectivity index (χ1n) is 4.99. The second-order valence-corrected chi connectivity index (χ2v) is 10.3. The van der Waals surface area contributed by atoms with Crippen LogP contribution in [0.4, 0.5) is 0 Å². The highest BCUT2D eigenvalue weighted by atomic mass is 28.4. The van der Waals surface area contributed by atoms with E-state index in [4.69, 9.17) is 14.3 Å². The molecule has 0 fully saturated rings. The van der Waals surface area contributed by atoms with Crippen molar-refractivity contribution in [2.75, 3.05) is 12.5 Å². The molecular weight excluding hydrogens is 228 g/mol. The van der Waals surface area contributed by atoms with Crippen molar-refractivity contribution in [3.63, 3.8) is 0 Å². The summed E-state index contributed by atoms with van der Waals surface area (Å²) in [4.78, 5) is 11.3. The molecular formula is C9H20O4Si2. The molecule has 0 spiro atoms. The molecule has 0 radical (unpaired) electrons. The lowest BCUT2D eigenvalue weighted by Crippen LogP contribution is -2.23. The van der Waals surface area contributed by atoms with Gasteiger partial charge >= 0.3 is 5.97 Å². The number of ether oxygens (including phenoxy) is 1. The van der Waals surface area contributed by atoms with Crippen LogP contribution in [0.2, 0.25) is 19.6 Å². The van der Waals surface area contributed by atoms with E-state index in [1.807, 2.05) is 19.6 Å². The minimum atomic E-state index is -1.62. The lowest BCUT2D eigenvalue weighted by atomic mass is 10.3. The Balaban J connectivity index is 3.97. The van der Waals surface area contributed by atoms with Crippen molar-refractivity contribution in [3.8, 4) is 0 Å². The van der Waals surface area contributed by atoms with Crippen molar-refractivity contribution in [3.05, 3.63) is 11.8 Å². The highest BCUT2D eigenvalue weighted by Gasteiger charge is 2.15. The molecule has 88 valence electrons. The molecule has 0 heterocycles. The third-order valence-corrected chi connectivity index (χ3v) is 3.08. The van der Waals surface area contributed by atoms with Crippen LogP contribution in [-0.2, 0) is 14.0 Å². The van der Waals surface area contributed by atoms with E-state index < -0.39 is 17.8 Å². The Labute approximate surface area is 94.2 Å². The van der Waals surface area contributed by atoms with Gasteiger partial charge in [0.25, 0.3) is 0 Å². The lowest BCUT2D eigenvalue weighted by Gasteiger charge is -2.15. The summed E-state index contributed by atoms with van der Waals surface area (Å²) in [5.41, 5.74) is 0.476. The standard InChI is InChI=1S/C9H20O4Si2/c1-8(5-13-15(2,3)4)9(11)12-7-14-6-10/h5,10H,6-7,14H2,1-4H3. The van der Waals surface area contributed by atoms with Crippen LogP contribution >= 0.6 is 0 Å². The summed E-state index contributed by atoms with van der Waals surface area (Å²) in [5.74, 6) is -0.353. The number of esters is 1. The van der Waals surface area contributed by atoms with Gasteiger partial charge in [0.05, 0.1) is 27.6 Å². The van der Waals surface area contributed by atoms with E-state index in [0.29, 0.717) is 11.8 Å². The predicted octanol–water partition coefficient (Wildman–Crippen LogP) is 0.361. The van der Waals surface area contributed by atoms with Crippen LogP contribution in [0.1, 0.15) is 6.92 Å². The highest BCUT2D eigenvalue weighted by molar-refractivity contribution is 6.69. The maximum absolute atomic E-state index is 11.3. The number of hydrogen-bond donors (Lipinski definition) is 1. The molecule has 6 heteroatoms. The molecule has 4 nitrogen and oxygen atoms in total. The van der Waals surface area contributed by atoms with Crippen LogP contribution in [0.25, 0.3) is 0 Å². The van der Waals surface area contributed by atoms with Crippen LogP contribution < -0.4 is 0 Å². The molecule has 0 aliphatic carbocycles. The average molecular weight is 248 g/mol. The summed E-state index contributed by atoms with van der Waals surface area (Å²) in [6.07, 6.45) is 2.03. The molecule has 0 rings (SSSR count). The fourth-order valence-corrected chi connectivity index (χ4v) is 1.65. The first-order valence-corrected chi connectivity index (χ1v) is 10.4. The largest absolute Gasteiger partial charge is 0.549 e. The Morgan fingerprint density at radius 1 is 1.47 bits per heavy atom.